The normalized spacial score (nSPS) is 13.8. The maximum Gasteiger partial charge on any atom is 0.341 e. The van der Waals surface area contributed by atoms with Gasteiger partial charge in [0.25, 0.3) is 0 Å². The Morgan fingerprint density at radius 2 is 1.95 bits per heavy atom. The standard InChI is InChI=1S/C14H18N2O4/c17-13(8-15-7-10-1-2-10)16-11-3-5-12(6-4-11)20-9-14(18)19/h3-6,10,15H,1-2,7-9H2,(H,16,17)(H,18,19). The fourth-order valence-electron chi connectivity index (χ4n) is 1.70. The summed E-state index contributed by atoms with van der Waals surface area (Å²) in [7, 11) is 0. The number of ether oxygens (including phenoxy) is 1. The summed E-state index contributed by atoms with van der Waals surface area (Å²) in [6.45, 7) is 0.819. The third-order valence-corrected chi connectivity index (χ3v) is 2.92. The lowest BCUT2D eigenvalue weighted by atomic mass is 10.3. The van der Waals surface area contributed by atoms with Gasteiger partial charge >= 0.3 is 5.97 Å². The quantitative estimate of drug-likeness (QED) is 0.662. The van der Waals surface area contributed by atoms with Gasteiger partial charge in [0, 0.05) is 5.69 Å². The first-order valence-corrected chi connectivity index (χ1v) is 6.58. The van der Waals surface area contributed by atoms with Gasteiger partial charge in [0.05, 0.1) is 6.54 Å². The molecule has 1 aromatic carbocycles. The minimum absolute atomic E-state index is 0.0927. The van der Waals surface area contributed by atoms with E-state index >= 15 is 0 Å². The van der Waals surface area contributed by atoms with Gasteiger partial charge in [0.1, 0.15) is 5.75 Å². The molecule has 0 aromatic heterocycles. The second-order valence-corrected chi connectivity index (χ2v) is 4.83. The van der Waals surface area contributed by atoms with Crippen LogP contribution in [-0.2, 0) is 9.59 Å². The van der Waals surface area contributed by atoms with Crippen molar-refractivity contribution in [3.8, 4) is 5.75 Å². The minimum Gasteiger partial charge on any atom is -0.482 e. The van der Waals surface area contributed by atoms with Crippen LogP contribution in [0.3, 0.4) is 0 Å². The Labute approximate surface area is 117 Å². The Morgan fingerprint density at radius 3 is 2.55 bits per heavy atom. The van der Waals surface area contributed by atoms with Gasteiger partial charge in [-0.3, -0.25) is 4.79 Å². The molecule has 0 radical (unpaired) electrons. The third-order valence-electron chi connectivity index (χ3n) is 2.92. The first-order valence-electron chi connectivity index (χ1n) is 6.58. The highest BCUT2D eigenvalue weighted by atomic mass is 16.5. The summed E-state index contributed by atoms with van der Waals surface area (Å²) in [5.74, 6) is 0.0831. The number of carboxylic acids is 1. The highest BCUT2D eigenvalue weighted by Crippen LogP contribution is 2.27. The Kier molecular flexibility index (Phi) is 4.95. The Bertz CT molecular complexity index is 469. The average Bonchev–Trinajstić information content (AvgIpc) is 3.22. The summed E-state index contributed by atoms with van der Waals surface area (Å²) in [5, 5.41) is 14.3. The lowest BCUT2D eigenvalue weighted by Gasteiger charge is -2.07. The van der Waals surface area contributed by atoms with Crippen molar-refractivity contribution in [2.45, 2.75) is 12.8 Å². The molecule has 0 unspecified atom stereocenters. The maximum absolute atomic E-state index is 11.6. The molecule has 0 bridgehead atoms. The van der Waals surface area contributed by atoms with Gasteiger partial charge in [0.15, 0.2) is 6.61 Å². The smallest absolute Gasteiger partial charge is 0.341 e. The van der Waals surface area contributed by atoms with Gasteiger partial charge in [-0.25, -0.2) is 4.79 Å². The summed E-state index contributed by atoms with van der Waals surface area (Å²) < 4.78 is 5.00. The van der Waals surface area contributed by atoms with E-state index in [1.54, 1.807) is 24.3 Å². The van der Waals surface area contributed by atoms with E-state index in [0.29, 0.717) is 18.0 Å². The van der Waals surface area contributed by atoms with Crippen molar-refractivity contribution in [2.24, 2.45) is 5.92 Å². The van der Waals surface area contributed by atoms with Crippen molar-refractivity contribution in [1.29, 1.82) is 0 Å². The van der Waals surface area contributed by atoms with Crippen molar-refractivity contribution in [2.75, 3.05) is 25.0 Å². The molecular weight excluding hydrogens is 260 g/mol. The molecule has 1 amide bonds. The van der Waals surface area contributed by atoms with Crippen LogP contribution in [0.15, 0.2) is 24.3 Å². The minimum atomic E-state index is -1.02. The van der Waals surface area contributed by atoms with E-state index in [2.05, 4.69) is 10.6 Å². The number of hydrogen-bond acceptors (Lipinski definition) is 4. The topological polar surface area (TPSA) is 87.7 Å². The van der Waals surface area contributed by atoms with Gasteiger partial charge in [-0.2, -0.15) is 0 Å². The van der Waals surface area contributed by atoms with Crippen molar-refractivity contribution in [3.63, 3.8) is 0 Å². The average molecular weight is 278 g/mol. The number of aliphatic carboxylic acids is 1. The summed E-state index contributed by atoms with van der Waals surface area (Å²) in [4.78, 5) is 22.0. The Morgan fingerprint density at radius 1 is 1.25 bits per heavy atom. The van der Waals surface area contributed by atoms with Gasteiger partial charge in [-0.1, -0.05) is 0 Å². The van der Waals surface area contributed by atoms with E-state index in [1.165, 1.54) is 12.8 Å². The van der Waals surface area contributed by atoms with Crippen molar-refractivity contribution < 1.29 is 19.4 Å². The summed E-state index contributed by atoms with van der Waals surface area (Å²) >= 11 is 0. The molecule has 0 heterocycles. The molecule has 0 aliphatic heterocycles. The fourth-order valence-corrected chi connectivity index (χ4v) is 1.70. The predicted molar refractivity (Wildman–Crippen MR) is 73.8 cm³/mol. The van der Waals surface area contributed by atoms with Crippen LogP contribution in [0.1, 0.15) is 12.8 Å². The van der Waals surface area contributed by atoms with E-state index in [9.17, 15) is 9.59 Å². The second kappa shape index (κ2) is 6.91. The van der Waals surface area contributed by atoms with Crippen molar-refractivity contribution in [1.82, 2.24) is 5.32 Å². The molecule has 1 aliphatic carbocycles. The molecule has 1 aliphatic rings. The second-order valence-electron chi connectivity index (χ2n) is 4.83. The first-order chi connectivity index (χ1) is 9.63. The monoisotopic (exact) mass is 278 g/mol. The molecule has 6 nitrogen and oxygen atoms in total. The van der Waals surface area contributed by atoms with Gasteiger partial charge in [-0.15, -0.1) is 0 Å². The van der Waals surface area contributed by atoms with Crippen LogP contribution in [0, 0.1) is 5.92 Å². The van der Waals surface area contributed by atoms with Crippen molar-refractivity contribution in [3.05, 3.63) is 24.3 Å². The molecule has 0 spiro atoms. The molecule has 20 heavy (non-hydrogen) atoms. The van der Waals surface area contributed by atoms with E-state index in [4.69, 9.17) is 9.84 Å². The number of amides is 1. The lowest BCUT2D eigenvalue weighted by molar-refractivity contribution is -0.139. The van der Waals surface area contributed by atoms with Crippen LogP contribution < -0.4 is 15.4 Å². The van der Waals surface area contributed by atoms with E-state index < -0.39 is 5.97 Å². The van der Waals surface area contributed by atoms with Crippen LogP contribution in [0.2, 0.25) is 0 Å². The number of carbonyl (C=O) groups excluding carboxylic acids is 1. The highest BCUT2D eigenvalue weighted by Gasteiger charge is 2.20. The SMILES string of the molecule is O=C(O)COc1ccc(NC(=O)CNCC2CC2)cc1. The number of hydrogen-bond donors (Lipinski definition) is 3. The van der Waals surface area contributed by atoms with Crippen molar-refractivity contribution >= 4 is 17.6 Å². The summed E-state index contributed by atoms with van der Waals surface area (Å²) in [5.41, 5.74) is 0.658. The van der Waals surface area contributed by atoms with E-state index in [1.807, 2.05) is 0 Å². The fraction of sp³-hybridized carbons (Fsp3) is 0.429. The first kappa shape index (κ1) is 14.3. The molecule has 108 valence electrons. The summed E-state index contributed by atoms with van der Waals surface area (Å²) in [6.07, 6.45) is 2.51. The molecule has 2 rings (SSSR count). The number of benzene rings is 1. The number of carboxylic acid groups (broad SMARTS) is 1. The number of carbonyl (C=O) groups is 2. The highest BCUT2D eigenvalue weighted by molar-refractivity contribution is 5.92. The third kappa shape index (κ3) is 5.27. The molecule has 1 aromatic rings. The number of rotatable bonds is 8. The molecule has 3 N–H and O–H groups in total. The van der Waals surface area contributed by atoms with Crippen LogP contribution in [0.4, 0.5) is 5.69 Å². The van der Waals surface area contributed by atoms with Crippen LogP contribution in [0.25, 0.3) is 0 Å². The van der Waals surface area contributed by atoms with Gasteiger partial charge in [-0.05, 0) is 49.6 Å². The van der Waals surface area contributed by atoms with Crippen LogP contribution in [-0.4, -0.2) is 36.7 Å². The van der Waals surface area contributed by atoms with Crippen LogP contribution >= 0.6 is 0 Å². The van der Waals surface area contributed by atoms with Crippen LogP contribution in [0.5, 0.6) is 5.75 Å². The largest absolute Gasteiger partial charge is 0.482 e. The number of anilines is 1. The summed E-state index contributed by atoms with van der Waals surface area (Å²) in [6, 6.07) is 6.60. The van der Waals surface area contributed by atoms with E-state index in [0.717, 1.165) is 12.5 Å². The Hall–Kier alpha value is -2.08. The molecular formula is C14H18N2O4. The lowest BCUT2D eigenvalue weighted by Crippen LogP contribution is -2.29. The predicted octanol–water partition coefficient (Wildman–Crippen LogP) is 1.09. The Balaban J connectivity index is 1.71. The molecule has 0 saturated heterocycles. The molecule has 6 heteroatoms. The molecule has 1 fully saturated rings. The molecule has 0 atom stereocenters. The number of nitrogens with one attached hydrogen (secondary N) is 2. The molecule has 1 saturated carbocycles. The van der Waals surface area contributed by atoms with E-state index in [-0.39, 0.29) is 12.5 Å². The zero-order valence-corrected chi connectivity index (χ0v) is 11.1. The van der Waals surface area contributed by atoms with Gasteiger partial charge in [0.2, 0.25) is 5.91 Å². The zero-order valence-electron chi connectivity index (χ0n) is 11.1. The maximum atomic E-state index is 11.6. The zero-order chi connectivity index (χ0) is 14.4. The van der Waals surface area contributed by atoms with Gasteiger partial charge < -0.3 is 20.5 Å².